The number of benzene rings is 2. The van der Waals surface area contributed by atoms with Crippen molar-refractivity contribution < 1.29 is 9.90 Å². The van der Waals surface area contributed by atoms with E-state index < -0.39 is 5.97 Å². The second-order valence-electron chi connectivity index (χ2n) is 8.76. The molecule has 1 heterocycles. The summed E-state index contributed by atoms with van der Waals surface area (Å²) in [6.07, 6.45) is 4.16. The van der Waals surface area contributed by atoms with Gasteiger partial charge >= 0.3 is 5.97 Å². The molecule has 0 saturated heterocycles. The van der Waals surface area contributed by atoms with E-state index in [1.807, 2.05) is 24.3 Å². The summed E-state index contributed by atoms with van der Waals surface area (Å²) in [7, 11) is 0. The number of carboxylic acids is 1. The Kier molecular flexibility index (Phi) is 6.70. The molecule has 5 nitrogen and oxygen atoms in total. The summed E-state index contributed by atoms with van der Waals surface area (Å²) in [4.78, 5) is 16.4. The van der Waals surface area contributed by atoms with Gasteiger partial charge in [0.1, 0.15) is 5.82 Å². The number of hydrogen-bond donors (Lipinski definition) is 1. The van der Waals surface area contributed by atoms with Gasteiger partial charge in [-0.25, -0.2) is 14.5 Å². The molecule has 0 radical (unpaired) electrons. The maximum absolute atomic E-state index is 11.5. The van der Waals surface area contributed by atoms with Gasteiger partial charge in [-0.15, -0.1) is 0 Å². The predicted molar refractivity (Wildman–Crippen MR) is 120 cm³/mol. The van der Waals surface area contributed by atoms with Crippen LogP contribution in [-0.2, 0) is 18.4 Å². The van der Waals surface area contributed by atoms with Crippen LogP contribution in [0.4, 0.5) is 0 Å². The van der Waals surface area contributed by atoms with Crippen molar-refractivity contribution in [2.75, 3.05) is 0 Å². The summed E-state index contributed by atoms with van der Waals surface area (Å²) >= 11 is 0. The van der Waals surface area contributed by atoms with Crippen LogP contribution in [0.3, 0.4) is 0 Å². The molecule has 0 saturated carbocycles. The number of rotatable bonds is 8. The monoisotopic (exact) mass is 405 g/mol. The van der Waals surface area contributed by atoms with Crippen LogP contribution in [0.1, 0.15) is 74.5 Å². The molecule has 0 aliphatic heterocycles. The molecule has 0 unspecified atom stereocenters. The summed E-state index contributed by atoms with van der Waals surface area (Å²) in [5.74, 6) is 0.945. The van der Waals surface area contributed by atoms with E-state index in [9.17, 15) is 9.90 Å². The number of aromatic carboxylic acids is 1. The molecule has 158 valence electrons. The van der Waals surface area contributed by atoms with Crippen molar-refractivity contribution in [1.82, 2.24) is 14.8 Å². The minimum absolute atomic E-state index is 0.0881. The second kappa shape index (κ2) is 9.24. The van der Waals surface area contributed by atoms with Gasteiger partial charge in [-0.1, -0.05) is 83.0 Å². The molecule has 0 amide bonds. The SMILES string of the molecule is CCCCCn1nc(C(C)(C)C)nc1Cc1ccc(-c2ccccc2C(=O)O)cc1. The Balaban J connectivity index is 1.85. The normalized spacial score (nSPS) is 11.6. The molecular formula is C25H31N3O2. The number of nitrogens with zero attached hydrogens (tertiary/aromatic N) is 3. The largest absolute Gasteiger partial charge is 0.478 e. The van der Waals surface area contributed by atoms with E-state index in [1.165, 1.54) is 12.8 Å². The fourth-order valence-corrected chi connectivity index (χ4v) is 3.42. The molecule has 0 aliphatic carbocycles. The van der Waals surface area contributed by atoms with Crippen molar-refractivity contribution >= 4 is 5.97 Å². The van der Waals surface area contributed by atoms with E-state index in [0.717, 1.165) is 41.3 Å². The van der Waals surface area contributed by atoms with Crippen molar-refractivity contribution in [3.05, 3.63) is 71.3 Å². The minimum atomic E-state index is -0.912. The number of unbranched alkanes of at least 4 members (excludes halogenated alkanes) is 2. The lowest BCUT2D eigenvalue weighted by Crippen LogP contribution is -2.14. The van der Waals surface area contributed by atoms with Gasteiger partial charge < -0.3 is 5.11 Å². The zero-order valence-electron chi connectivity index (χ0n) is 18.4. The standard InChI is InChI=1S/C25H31N3O2/c1-5-6-9-16-28-22(26-24(27-28)25(2,3)4)17-18-12-14-19(15-13-18)20-10-7-8-11-21(20)23(29)30/h7-8,10-15H,5-6,9,16-17H2,1-4H3,(H,29,30). The average Bonchev–Trinajstić information content (AvgIpc) is 3.12. The Labute approximate surface area is 178 Å². The van der Waals surface area contributed by atoms with E-state index >= 15 is 0 Å². The first kappa shape index (κ1) is 21.8. The molecule has 0 spiro atoms. The quantitative estimate of drug-likeness (QED) is 0.487. The third-order valence-electron chi connectivity index (χ3n) is 5.18. The fourth-order valence-electron chi connectivity index (χ4n) is 3.42. The van der Waals surface area contributed by atoms with Crippen LogP contribution in [0, 0.1) is 0 Å². The Bertz CT molecular complexity index is 998. The Morgan fingerprint density at radius 2 is 1.73 bits per heavy atom. The summed E-state index contributed by atoms with van der Waals surface area (Å²) in [6.45, 7) is 9.49. The van der Waals surface area contributed by atoms with E-state index in [0.29, 0.717) is 12.0 Å². The van der Waals surface area contributed by atoms with Crippen LogP contribution in [0.2, 0.25) is 0 Å². The van der Waals surface area contributed by atoms with Gasteiger partial charge in [-0.2, -0.15) is 5.10 Å². The van der Waals surface area contributed by atoms with Crippen molar-refractivity contribution in [2.24, 2.45) is 0 Å². The fraction of sp³-hybridized carbons (Fsp3) is 0.400. The Morgan fingerprint density at radius 3 is 2.37 bits per heavy atom. The lowest BCUT2D eigenvalue weighted by molar-refractivity contribution is 0.0697. The molecule has 0 bridgehead atoms. The summed E-state index contributed by atoms with van der Waals surface area (Å²) in [6, 6.07) is 15.2. The summed E-state index contributed by atoms with van der Waals surface area (Å²) in [5.41, 5.74) is 2.99. The first-order valence-corrected chi connectivity index (χ1v) is 10.7. The Morgan fingerprint density at radius 1 is 1.03 bits per heavy atom. The van der Waals surface area contributed by atoms with Crippen LogP contribution in [0.25, 0.3) is 11.1 Å². The van der Waals surface area contributed by atoms with E-state index in [1.54, 1.807) is 12.1 Å². The lowest BCUT2D eigenvalue weighted by atomic mass is 9.96. The first-order chi connectivity index (χ1) is 14.3. The molecule has 0 fully saturated rings. The van der Waals surface area contributed by atoms with Crippen LogP contribution >= 0.6 is 0 Å². The van der Waals surface area contributed by atoms with Crippen molar-refractivity contribution in [3.63, 3.8) is 0 Å². The molecule has 3 aromatic rings. The third-order valence-corrected chi connectivity index (χ3v) is 5.18. The number of hydrogen-bond acceptors (Lipinski definition) is 3. The van der Waals surface area contributed by atoms with Crippen molar-refractivity contribution in [1.29, 1.82) is 0 Å². The molecule has 0 aliphatic rings. The van der Waals surface area contributed by atoms with Crippen molar-refractivity contribution in [2.45, 2.75) is 65.3 Å². The van der Waals surface area contributed by atoms with Gasteiger partial charge in [0.2, 0.25) is 0 Å². The van der Waals surface area contributed by atoms with E-state index in [2.05, 4.69) is 44.5 Å². The van der Waals surface area contributed by atoms with E-state index in [4.69, 9.17) is 10.1 Å². The molecule has 0 atom stereocenters. The van der Waals surface area contributed by atoms with Crippen molar-refractivity contribution in [3.8, 4) is 11.1 Å². The van der Waals surface area contributed by atoms with Crippen LogP contribution in [0.5, 0.6) is 0 Å². The maximum atomic E-state index is 11.5. The maximum Gasteiger partial charge on any atom is 0.336 e. The van der Waals surface area contributed by atoms with Gasteiger partial charge in [-0.3, -0.25) is 0 Å². The number of carboxylic acid groups (broad SMARTS) is 1. The highest BCUT2D eigenvalue weighted by molar-refractivity contribution is 5.95. The lowest BCUT2D eigenvalue weighted by Gasteiger charge is -2.12. The molecule has 5 heteroatoms. The molecule has 30 heavy (non-hydrogen) atoms. The summed E-state index contributed by atoms with van der Waals surface area (Å²) in [5, 5.41) is 14.2. The molecule has 1 N–H and O–H groups in total. The van der Waals surface area contributed by atoms with Gasteiger partial charge in [0.05, 0.1) is 5.56 Å². The molecule has 3 rings (SSSR count). The van der Waals surface area contributed by atoms with Gasteiger partial charge in [0, 0.05) is 18.4 Å². The highest BCUT2D eigenvalue weighted by atomic mass is 16.4. The zero-order valence-corrected chi connectivity index (χ0v) is 18.4. The Hall–Kier alpha value is -2.95. The van der Waals surface area contributed by atoms with Crippen LogP contribution in [0.15, 0.2) is 48.5 Å². The van der Waals surface area contributed by atoms with Gasteiger partial charge in [0.25, 0.3) is 0 Å². The molecular weight excluding hydrogens is 374 g/mol. The average molecular weight is 406 g/mol. The highest BCUT2D eigenvalue weighted by Crippen LogP contribution is 2.25. The van der Waals surface area contributed by atoms with E-state index in [-0.39, 0.29) is 5.41 Å². The number of aromatic nitrogens is 3. The zero-order chi connectivity index (χ0) is 21.7. The number of carbonyl (C=O) groups is 1. The highest BCUT2D eigenvalue weighted by Gasteiger charge is 2.22. The number of aryl methyl sites for hydroxylation is 1. The predicted octanol–water partition coefficient (Wildman–Crippen LogP) is 5.72. The molecule has 1 aromatic heterocycles. The second-order valence-corrected chi connectivity index (χ2v) is 8.76. The minimum Gasteiger partial charge on any atom is -0.478 e. The topological polar surface area (TPSA) is 68.0 Å². The van der Waals surface area contributed by atoms with Crippen LogP contribution in [-0.4, -0.2) is 25.8 Å². The molecule has 2 aromatic carbocycles. The first-order valence-electron chi connectivity index (χ1n) is 10.7. The third kappa shape index (κ3) is 5.15. The van der Waals surface area contributed by atoms with Gasteiger partial charge in [0.15, 0.2) is 5.82 Å². The van der Waals surface area contributed by atoms with Crippen LogP contribution < -0.4 is 0 Å². The summed E-state index contributed by atoms with van der Waals surface area (Å²) < 4.78 is 2.06. The smallest absolute Gasteiger partial charge is 0.336 e. The van der Waals surface area contributed by atoms with Gasteiger partial charge in [-0.05, 0) is 29.2 Å².